The van der Waals surface area contributed by atoms with Crippen molar-refractivity contribution in [2.75, 3.05) is 5.32 Å². The van der Waals surface area contributed by atoms with Crippen LogP contribution in [-0.2, 0) is 25.2 Å². The Kier molecular flexibility index (Phi) is 7.22. The molecule has 0 bridgehead atoms. The van der Waals surface area contributed by atoms with Crippen LogP contribution in [-0.4, -0.2) is 30.7 Å². The van der Waals surface area contributed by atoms with Crippen molar-refractivity contribution >= 4 is 27.4 Å². The number of carbonyl (C=O) groups is 2. The highest BCUT2D eigenvalue weighted by Gasteiger charge is 2.17. The minimum atomic E-state index is -3.19. The standard InChI is InChI=1S/C16H23NO5S/c1-12(2)23(21,22)11-13-6-5-7-14(10-13)17-15(18)8-3-4-9-16(19)20/h5-7,10,12H,3-4,8-9,11H2,1-2H3,(H,17,18)(H,19,20). The normalized spacial score (nSPS) is 11.4. The summed E-state index contributed by atoms with van der Waals surface area (Å²) in [6.07, 6.45) is 1.24. The molecule has 0 atom stereocenters. The van der Waals surface area contributed by atoms with E-state index in [0.29, 0.717) is 24.1 Å². The summed E-state index contributed by atoms with van der Waals surface area (Å²) in [6, 6.07) is 6.75. The van der Waals surface area contributed by atoms with E-state index in [-0.39, 0.29) is 24.5 Å². The van der Waals surface area contributed by atoms with Gasteiger partial charge in [0.05, 0.1) is 11.0 Å². The van der Waals surface area contributed by atoms with Gasteiger partial charge in [-0.1, -0.05) is 12.1 Å². The van der Waals surface area contributed by atoms with Crippen molar-refractivity contribution in [3.05, 3.63) is 29.8 Å². The number of aliphatic carboxylic acids is 1. The Morgan fingerprint density at radius 1 is 1.17 bits per heavy atom. The number of amides is 1. The molecule has 0 saturated carbocycles. The Balaban J connectivity index is 2.57. The molecule has 0 spiro atoms. The van der Waals surface area contributed by atoms with Crippen LogP contribution in [0.4, 0.5) is 5.69 Å². The van der Waals surface area contributed by atoms with Gasteiger partial charge in [0.1, 0.15) is 0 Å². The van der Waals surface area contributed by atoms with Gasteiger partial charge in [-0.05, 0) is 44.4 Å². The molecule has 0 aromatic heterocycles. The summed E-state index contributed by atoms with van der Waals surface area (Å²) in [6.45, 7) is 3.27. The third-order valence-electron chi connectivity index (χ3n) is 3.34. The number of sulfone groups is 1. The van der Waals surface area contributed by atoms with Crippen molar-refractivity contribution in [2.24, 2.45) is 0 Å². The molecule has 0 aliphatic carbocycles. The molecule has 0 fully saturated rings. The molecule has 0 radical (unpaired) electrons. The first-order valence-electron chi connectivity index (χ1n) is 7.53. The van der Waals surface area contributed by atoms with Crippen molar-refractivity contribution in [2.45, 2.75) is 50.5 Å². The van der Waals surface area contributed by atoms with Crippen molar-refractivity contribution in [1.82, 2.24) is 0 Å². The fourth-order valence-electron chi connectivity index (χ4n) is 1.92. The van der Waals surface area contributed by atoms with Gasteiger partial charge in [0.15, 0.2) is 9.84 Å². The molecular formula is C16H23NO5S. The van der Waals surface area contributed by atoms with E-state index in [2.05, 4.69) is 5.32 Å². The van der Waals surface area contributed by atoms with Gasteiger partial charge in [0, 0.05) is 18.5 Å². The number of carboxylic acid groups (broad SMARTS) is 1. The van der Waals surface area contributed by atoms with E-state index in [4.69, 9.17) is 5.11 Å². The van der Waals surface area contributed by atoms with E-state index >= 15 is 0 Å². The third kappa shape index (κ3) is 7.27. The average molecular weight is 341 g/mol. The number of benzene rings is 1. The molecule has 0 heterocycles. The van der Waals surface area contributed by atoms with E-state index in [0.717, 1.165) is 0 Å². The summed E-state index contributed by atoms with van der Waals surface area (Å²) < 4.78 is 23.9. The molecule has 1 aromatic rings. The van der Waals surface area contributed by atoms with Crippen LogP contribution in [0.15, 0.2) is 24.3 Å². The number of unbranched alkanes of at least 4 members (excludes halogenated alkanes) is 1. The van der Waals surface area contributed by atoms with Crippen LogP contribution in [0.5, 0.6) is 0 Å². The Hall–Kier alpha value is -1.89. The molecule has 0 aliphatic rings. The van der Waals surface area contributed by atoms with Gasteiger partial charge in [0.25, 0.3) is 0 Å². The Morgan fingerprint density at radius 2 is 1.83 bits per heavy atom. The predicted octanol–water partition coefficient (Wildman–Crippen LogP) is 2.59. The summed E-state index contributed by atoms with van der Waals surface area (Å²) >= 11 is 0. The van der Waals surface area contributed by atoms with Crippen LogP contribution in [0.25, 0.3) is 0 Å². The lowest BCUT2D eigenvalue weighted by Crippen LogP contribution is -2.16. The van der Waals surface area contributed by atoms with Crippen LogP contribution in [0.1, 0.15) is 45.1 Å². The van der Waals surface area contributed by atoms with Gasteiger partial charge in [-0.2, -0.15) is 0 Å². The van der Waals surface area contributed by atoms with E-state index in [1.54, 1.807) is 38.1 Å². The lowest BCUT2D eigenvalue weighted by atomic mass is 10.2. The first kappa shape index (κ1) is 19.2. The molecule has 23 heavy (non-hydrogen) atoms. The third-order valence-corrected chi connectivity index (χ3v) is 5.51. The second-order valence-corrected chi connectivity index (χ2v) is 8.26. The highest BCUT2D eigenvalue weighted by atomic mass is 32.2. The Morgan fingerprint density at radius 3 is 2.43 bits per heavy atom. The topological polar surface area (TPSA) is 101 Å². The van der Waals surface area contributed by atoms with E-state index in [9.17, 15) is 18.0 Å². The molecular weight excluding hydrogens is 318 g/mol. The first-order valence-corrected chi connectivity index (χ1v) is 9.24. The summed E-state index contributed by atoms with van der Waals surface area (Å²) in [7, 11) is -3.19. The van der Waals surface area contributed by atoms with Gasteiger partial charge in [-0.15, -0.1) is 0 Å². The van der Waals surface area contributed by atoms with E-state index in [1.165, 1.54) is 0 Å². The Labute approximate surface area is 136 Å². The van der Waals surface area contributed by atoms with E-state index < -0.39 is 21.1 Å². The second kappa shape index (κ2) is 8.67. The quantitative estimate of drug-likeness (QED) is 0.672. The number of nitrogens with one attached hydrogen (secondary N) is 1. The summed E-state index contributed by atoms with van der Waals surface area (Å²) in [5.74, 6) is -1.14. The molecule has 1 amide bonds. The highest BCUT2D eigenvalue weighted by molar-refractivity contribution is 7.91. The zero-order chi connectivity index (χ0) is 17.5. The maximum Gasteiger partial charge on any atom is 0.303 e. The molecule has 2 N–H and O–H groups in total. The number of anilines is 1. The molecule has 7 heteroatoms. The lowest BCUT2D eigenvalue weighted by Gasteiger charge is -2.10. The molecule has 0 saturated heterocycles. The maximum absolute atomic E-state index is 11.9. The minimum absolute atomic E-state index is 0.0514. The summed E-state index contributed by atoms with van der Waals surface area (Å²) in [5.41, 5.74) is 1.17. The fourth-order valence-corrected chi connectivity index (χ4v) is 2.90. The van der Waals surface area contributed by atoms with Crippen molar-refractivity contribution < 1.29 is 23.1 Å². The molecule has 128 valence electrons. The van der Waals surface area contributed by atoms with Gasteiger partial charge in [-0.3, -0.25) is 9.59 Å². The first-order chi connectivity index (χ1) is 10.7. The second-order valence-electron chi connectivity index (χ2n) is 5.71. The molecule has 1 aromatic carbocycles. The van der Waals surface area contributed by atoms with Crippen LogP contribution in [0.3, 0.4) is 0 Å². The minimum Gasteiger partial charge on any atom is -0.481 e. The largest absolute Gasteiger partial charge is 0.481 e. The van der Waals surface area contributed by atoms with Crippen molar-refractivity contribution in [3.8, 4) is 0 Å². The Bertz CT molecular complexity index is 652. The van der Waals surface area contributed by atoms with Crippen LogP contribution in [0.2, 0.25) is 0 Å². The molecule has 6 nitrogen and oxygen atoms in total. The monoisotopic (exact) mass is 341 g/mol. The van der Waals surface area contributed by atoms with Gasteiger partial charge in [0.2, 0.25) is 5.91 Å². The smallest absolute Gasteiger partial charge is 0.303 e. The van der Waals surface area contributed by atoms with Crippen molar-refractivity contribution in [3.63, 3.8) is 0 Å². The van der Waals surface area contributed by atoms with Crippen molar-refractivity contribution in [1.29, 1.82) is 0 Å². The maximum atomic E-state index is 11.9. The van der Waals surface area contributed by atoms with Gasteiger partial charge < -0.3 is 10.4 Å². The number of carboxylic acids is 1. The molecule has 1 rings (SSSR count). The van der Waals surface area contributed by atoms with Crippen LogP contribution < -0.4 is 5.32 Å². The lowest BCUT2D eigenvalue weighted by molar-refractivity contribution is -0.137. The van der Waals surface area contributed by atoms with Crippen LogP contribution >= 0.6 is 0 Å². The predicted molar refractivity (Wildman–Crippen MR) is 88.9 cm³/mol. The number of rotatable bonds is 9. The van der Waals surface area contributed by atoms with Gasteiger partial charge >= 0.3 is 5.97 Å². The highest BCUT2D eigenvalue weighted by Crippen LogP contribution is 2.16. The average Bonchev–Trinajstić information content (AvgIpc) is 2.43. The molecule has 0 unspecified atom stereocenters. The number of carbonyl (C=O) groups excluding carboxylic acids is 1. The zero-order valence-corrected chi connectivity index (χ0v) is 14.2. The number of hydrogen-bond acceptors (Lipinski definition) is 4. The summed E-state index contributed by atoms with van der Waals surface area (Å²) in [4.78, 5) is 22.2. The SMILES string of the molecule is CC(C)S(=O)(=O)Cc1cccc(NC(=O)CCCCC(=O)O)c1. The fraction of sp³-hybridized carbons (Fsp3) is 0.500. The summed E-state index contributed by atoms with van der Waals surface area (Å²) in [5, 5.41) is 10.8. The van der Waals surface area contributed by atoms with Crippen LogP contribution in [0, 0.1) is 0 Å². The van der Waals surface area contributed by atoms with Gasteiger partial charge in [-0.25, -0.2) is 8.42 Å². The van der Waals surface area contributed by atoms with E-state index in [1.807, 2.05) is 0 Å². The molecule has 0 aliphatic heterocycles. The number of hydrogen-bond donors (Lipinski definition) is 2. The zero-order valence-electron chi connectivity index (χ0n) is 13.4.